The van der Waals surface area contributed by atoms with Crippen molar-refractivity contribution in [1.82, 2.24) is 0 Å². The van der Waals surface area contributed by atoms with Gasteiger partial charge in [0.15, 0.2) is 0 Å². The summed E-state index contributed by atoms with van der Waals surface area (Å²) in [6, 6.07) is 0. The summed E-state index contributed by atoms with van der Waals surface area (Å²) in [4.78, 5) is 20.9. The molecule has 1 rings (SSSR count). The van der Waals surface area contributed by atoms with Crippen LogP contribution in [0.4, 0.5) is 0 Å². The van der Waals surface area contributed by atoms with Gasteiger partial charge in [-0.1, -0.05) is 13.3 Å². The Balaban J connectivity index is 2.06. The highest BCUT2D eigenvalue weighted by Crippen LogP contribution is 2.17. The van der Waals surface area contributed by atoms with E-state index in [9.17, 15) is 4.79 Å². The number of unbranched alkanes of at least 4 members (excludes halogenated alkanes) is 2. The van der Waals surface area contributed by atoms with E-state index in [-0.39, 0.29) is 11.6 Å². The number of hydrogen-bond donors (Lipinski definition) is 0. The third-order valence-electron chi connectivity index (χ3n) is 3.18. The number of rotatable bonds is 8. The predicted molar refractivity (Wildman–Crippen MR) is 72.9 cm³/mol. The normalized spacial score (nSPS) is 14.4. The fraction of sp³-hybridized carbons (Fsp3) is 0.667. The average molecular weight is 268 g/mol. The Bertz CT molecular complexity index is 342. The topological polar surface area (TPSA) is 44.8 Å². The van der Waals surface area contributed by atoms with Crippen molar-refractivity contribution in [2.24, 2.45) is 0 Å². The molecule has 0 saturated carbocycles. The van der Waals surface area contributed by atoms with Gasteiger partial charge in [-0.15, -0.1) is 0 Å². The molecule has 1 heterocycles. The average Bonchev–Trinajstić information content (AvgIpc) is 2.39. The van der Waals surface area contributed by atoms with Gasteiger partial charge in [-0.25, -0.2) is 0 Å². The zero-order chi connectivity index (χ0) is 14.1. The van der Waals surface area contributed by atoms with Crippen molar-refractivity contribution in [3.05, 3.63) is 24.2 Å². The monoisotopic (exact) mass is 268 g/mol. The molecule has 0 bridgehead atoms. The summed E-state index contributed by atoms with van der Waals surface area (Å²) in [7, 11) is 0. The van der Waals surface area contributed by atoms with Crippen molar-refractivity contribution in [2.45, 2.75) is 64.9 Å². The molecular formula is C15H24O4. The second kappa shape index (κ2) is 7.87. The molecule has 0 aromatic carbocycles. The molecule has 0 N–H and O–H groups in total. The SMILES string of the molecule is CCC(C)(C)OC(=O)CCCCCC1=COOC=C1. The molecule has 108 valence electrons. The van der Waals surface area contributed by atoms with Crippen molar-refractivity contribution >= 4 is 5.97 Å². The smallest absolute Gasteiger partial charge is 0.306 e. The van der Waals surface area contributed by atoms with Crippen molar-refractivity contribution < 1.29 is 19.3 Å². The molecule has 0 amide bonds. The van der Waals surface area contributed by atoms with E-state index in [1.54, 1.807) is 6.26 Å². The van der Waals surface area contributed by atoms with Crippen LogP contribution in [0.2, 0.25) is 0 Å². The Kier molecular flexibility index (Phi) is 6.46. The van der Waals surface area contributed by atoms with E-state index in [4.69, 9.17) is 9.62 Å². The fourth-order valence-electron chi connectivity index (χ4n) is 1.62. The van der Waals surface area contributed by atoms with Crippen LogP contribution in [0.25, 0.3) is 0 Å². The highest BCUT2D eigenvalue weighted by Gasteiger charge is 2.19. The van der Waals surface area contributed by atoms with E-state index in [0.717, 1.165) is 37.7 Å². The molecular weight excluding hydrogens is 244 g/mol. The molecule has 0 spiro atoms. The molecule has 19 heavy (non-hydrogen) atoms. The maximum Gasteiger partial charge on any atom is 0.306 e. The number of ether oxygens (including phenoxy) is 1. The predicted octanol–water partition coefficient (Wildman–Crippen LogP) is 4.03. The highest BCUT2D eigenvalue weighted by atomic mass is 17.2. The van der Waals surface area contributed by atoms with Crippen LogP contribution in [0, 0.1) is 0 Å². The molecule has 4 heteroatoms. The maximum atomic E-state index is 11.6. The number of carbonyl (C=O) groups is 1. The van der Waals surface area contributed by atoms with Gasteiger partial charge in [0.05, 0.1) is 0 Å². The summed E-state index contributed by atoms with van der Waals surface area (Å²) in [5.41, 5.74) is 0.771. The largest absolute Gasteiger partial charge is 0.460 e. The van der Waals surface area contributed by atoms with Gasteiger partial charge >= 0.3 is 5.97 Å². The summed E-state index contributed by atoms with van der Waals surface area (Å²) in [5, 5.41) is 0. The second-order valence-corrected chi connectivity index (χ2v) is 5.34. The number of esters is 1. The molecule has 4 nitrogen and oxygen atoms in total. The molecule has 1 aliphatic rings. The van der Waals surface area contributed by atoms with Crippen molar-refractivity contribution in [1.29, 1.82) is 0 Å². The first-order valence-electron chi connectivity index (χ1n) is 6.93. The maximum absolute atomic E-state index is 11.6. The van der Waals surface area contributed by atoms with E-state index in [0.29, 0.717) is 6.42 Å². The summed E-state index contributed by atoms with van der Waals surface area (Å²) in [6.45, 7) is 5.90. The first-order valence-corrected chi connectivity index (χ1v) is 6.93. The van der Waals surface area contributed by atoms with Gasteiger partial charge in [0.25, 0.3) is 0 Å². The van der Waals surface area contributed by atoms with Crippen LogP contribution in [0.5, 0.6) is 0 Å². The van der Waals surface area contributed by atoms with Crippen LogP contribution in [0.3, 0.4) is 0 Å². The Morgan fingerprint density at radius 2 is 2.05 bits per heavy atom. The molecule has 0 radical (unpaired) electrons. The Morgan fingerprint density at radius 3 is 2.68 bits per heavy atom. The molecule has 0 fully saturated rings. The van der Waals surface area contributed by atoms with Gasteiger partial charge in [-0.3, -0.25) is 14.6 Å². The standard InChI is InChI=1S/C15H24O4/c1-4-15(2,3)19-14(16)9-7-5-6-8-13-10-11-17-18-12-13/h10-12H,4-9H2,1-3H3. The van der Waals surface area contributed by atoms with E-state index in [1.165, 1.54) is 6.26 Å². The van der Waals surface area contributed by atoms with E-state index in [1.807, 2.05) is 26.8 Å². The van der Waals surface area contributed by atoms with Gasteiger partial charge in [0.2, 0.25) is 0 Å². The second-order valence-electron chi connectivity index (χ2n) is 5.34. The first kappa shape index (κ1) is 15.6. The van der Waals surface area contributed by atoms with Crippen LogP contribution in [0.15, 0.2) is 24.2 Å². The molecule has 1 aliphatic heterocycles. The van der Waals surface area contributed by atoms with Crippen LogP contribution in [-0.2, 0) is 19.3 Å². The third-order valence-corrected chi connectivity index (χ3v) is 3.18. The van der Waals surface area contributed by atoms with E-state index in [2.05, 4.69) is 4.89 Å². The van der Waals surface area contributed by atoms with Gasteiger partial charge in [0, 0.05) is 6.42 Å². The van der Waals surface area contributed by atoms with Gasteiger partial charge in [-0.05, 0) is 51.2 Å². The fourth-order valence-corrected chi connectivity index (χ4v) is 1.62. The zero-order valence-electron chi connectivity index (χ0n) is 12.1. The Labute approximate surface area is 115 Å². The van der Waals surface area contributed by atoms with E-state index < -0.39 is 0 Å². The number of allylic oxidation sites excluding steroid dienone is 2. The zero-order valence-corrected chi connectivity index (χ0v) is 12.1. The van der Waals surface area contributed by atoms with Gasteiger partial charge < -0.3 is 4.74 Å². The Morgan fingerprint density at radius 1 is 1.26 bits per heavy atom. The summed E-state index contributed by atoms with van der Waals surface area (Å²) >= 11 is 0. The van der Waals surface area contributed by atoms with Crippen LogP contribution >= 0.6 is 0 Å². The summed E-state index contributed by atoms with van der Waals surface area (Å²) in [5.74, 6) is -0.0969. The molecule has 0 aliphatic carbocycles. The van der Waals surface area contributed by atoms with E-state index >= 15 is 0 Å². The van der Waals surface area contributed by atoms with Crippen LogP contribution in [-0.4, -0.2) is 11.6 Å². The summed E-state index contributed by atoms with van der Waals surface area (Å²) < 4.78 is 5.39. The molecule has 0 aromatic heterocycles. The van der Waals surface area contributed by atoms with Crippen molar-refractivity contribution in [3.8, 4) is 0 Å². The first-order chi connectivity index (χ1) is 9.03. The minimum atomic E-state index is -0.341. The lowest BCUT2D eigenvalue weighted by Gasteiger charge is -2.23. The minimum Gasteiger partial charge on any atom is -0.460 e. The van der Waals surface area contributed by atoms with Gasteiger partial charge in [-0.2, -0.15) is 0 Å². The number of hydrogen-bond acceptors (Lipinski definition) is 4. The molecule has 0 atom stereocenters. The number of carbonyl (C=O) groups excluding carboxylic acids is 1. The molecule has 0 saturated heterocycles. The lowest BCUT2D eigenvalue weighted by Crippen LogP contribution is -2.26. The van der Waals surface area contributed by atoms with Crippen LogP contribution in [0.1, 0.15) is 59.3 Å². The van der Waals surface area contributed by atoms with Crippen LogP contribution < -0.4 is 0 Å². The third kappa shape index (κ3) is 6.89. The molecule has 0 aromatic rings. The van der Waals surface area contributed by atoms with Crippen molar-refractivity contribution in [3.63, 3.8) is 0 Å². The molecule has 0 unspecified atom stereocenters. The lowest BCUT2D eigenvalue weighted by atomic mass is 10.1. The van der Waals surface area contributed by atoms with Gasteiger partial charge in [0.1, 0.15) is 18.1 Å². The summed E-state index contributed by atoms with van der Waals surface area (Å²) in [6.07, 6.45) is 10.2. The lowest BCUT2D eigenvalue weighted by molar-refractivity contribution is -0.199. The quantitative estimate of drug-likeness (QED) is 0.379. The Hall–Kier alpha value is -1.45. The highest BCUT2D eigenvalue weighted by molar-refractivity contribution is 5.69. The van der Waals surface area contributed by atoms with Crippen molar-refractivity contribution in [2.75, 3.05) is 0 Å². The minimum absolute atomic E-state index is 0.0969.